The Morgan fingerprint density at radius 2 is 1.93 bits per heavy atom. The fourth-order valence-electron chi connectivity index (χ4n) is 4.55. The maximum atomic E-state index is 15.2. The monoisotopic (exact) mass is 411 g/mol. The van der Waals surface area contributed by atoms with Crippen LogP contribution in [0.25, 0.3) is 11.0 Å². The lowest BCUT2D eigenvalue weighted by molar-refractivity contribution is 0.0879. The Morgan fingerprint density at radius 3 is 2.67 bits per heavy atom. The maximum Gasteiger partial charge on any atom is 0.259 e. The van der Waals surface area contributed by atoms with Crippen LogP contribution >= 0.6 is 0 Å². The standard InChI is InChI=1S/C22H19F2N3O3/c1-2-13-18-15(21(28)25-22(18)29)10-16(19(13)24)27-7-5-11(6-8-27)20-14-4-3-12(23)9-17(14)30-26-20/h3-4,9-11H,2,5-8H2,1H3,(H,25,28,29). The van der Waals surface area contributed by atoms with Gasteiger partial charge in [-0.2, -0.15) is 0 Å². The highest BCUT2D eigenvalue weighted by Crippen LogP contribution is 2.37. The van der Waals surface area contributed by atoms with Gasteiger partial charge in [-0.25, -0.2) is 8.78 Å². The minimum absolute atomic E-state index is 0.112. The first-order valence-corrected chi connectivity index (χ1v) is 9.98. The van der Waals surface area contributed by atoms with Crippen LogP contribution in [0.1, 0.15) is 57.7 Å². The van der Waals surface area contributed by atoms with Gasteiger partial charge in [0, 0.05) is 36.0 Å². The Labute approximate surface area is 170 Å². The summed E-state index contributed by atoms with van der Waals surface area (Å²) in [5.74, 6) is -1.73. The van der Waals surface area contributed by atoms with Crippen LogP contribution in [0, 0.1) is 11.6 Å². The minimum atomic E-state index is -0.537. The van der Waals surface area contributed by atoms with Crippen molar-refractivity contribution in [3.8, 4) is 0 Å². The molecule has 0 atom stereocenters. The van der Waals surface area contributed by atoms with Crippen molar-refractivity contribution >= 4 is 28.5 Å². The molecule has 0 saturated carbocycles. The van der Waals surface area contributed by atoms with Crippen LogP contribution in [-0.2, 0) is 6.42 Å². The SMILES string of the molecule is CCc1c(F)c(N2CCC(c3noc4cc(F)ccc34)CC2)cc2c1C(=O)NC2=O. The van der Waals surface area contributed by atoms with E-state index in [0.29, 0.717) is 43.6 Å². The molecule has 1 saturated heterocycles. The molecule has 1 fully saturated rings. The van der Waals surface area contributed by atoms with Crippen molar-refractivity contribution in [2.75, 3.05) is 18.0 Å². The number of nitrogens with one attached hydrogen (secondary N) is 1. The van der Waals surface area contributed by atoms with Crippen LogP contribution in [0.15, 0.2) is 28.8 Å². The maximum absolute atomic E-state index is 15.2. The van der Waals surface area contributed by atoms with E-state index >= 15 is 4.39 Å². The average molecular weight is 411 g/mol. The molecule has 0 spiro atoms. The van der Waals surface area contributed by atoms with Gasteiger partial charge in [0.05, 0.1) is 22.5 Å². The molecule has 2 aromatic carbocycles. The molecule has 2 amide bonds. The highest BCUT2D eigenvalue weighted by molar-refractivity contribution is 6.22. The Bertz CT molecular complexity index is 1200. The summed E-state index contributed by atoms with van der Waals surface area (Å²) in [4.78, 5) is 26.1. The fourth-order valence-corrected chi connectivity index (χ4v) is 4.55. The number of piperidine rings is 1. The first kappa shape index (κ1) is 18.7. The Balaban J connectivity index is 1.43. The van der Waals surface area contributed by atoms with Crippen molar-refractivity contribution < 1.29 is 22.9 Å². The van der Waals surface area contributed by atoms with E-state index in [9.17, 15) is 14.0 Å². The van der Waals surface area contributed by atoms with Gasteiger partial charge in [-0.05, 0) is 37.5 Å². The second-order valence-electron chi connectivity index (χ2n) is 7.72. The van der Waals surface area contributed by atoms with Gasteiger partial charge in [0.15, 0.2) is 11.4 Å². The molecule has 6 nitrogen and oxygen atoms in total. The molecule has 0 bridgehead atoms. The Hall–Kier alpha value is -3.29. The molecule has 3 aromatic rings. The molecular formula is C22H19F2N3O3. The van der Waals surface area contributed by atoms with Gasteiger partial charge in [-0.15, -0.1) is 0 Å². The predicted molar refractivity (Wildman–Crippen MR) is 106 cm³/mol. The molecule has 154 valence electrons. The highest BCUT2D eigenvalue weighted by Gasteiger charge is 2.34. The third-order valence-electron chi connectivity index (χ3n) is 6.08. The van der Waals surface area contributed by atoms with Crippen LogP contribution in [0.4, 0.5) is 14.5 Å². The number of hydrogen-bond acceptors (Lipinski definition) is 5. The summed E-state index contributed by atoms with van der Waals surface area (Å²) in [6, 6.07) is 5.86. The molecule has 30 heavy (non-hydrogen) atoms. The summed E-state index contributed by atoms with van der Waals surface area (Å²) in [6.45, 7) is 2.90. The molecule has 0 aliphatic carbocycles. The topological polar surface area (TPSA) is 75.4 Å². The van der Waals surface area contributed by atoms with Gasteiger partial charge in [0.2, 0.25) is 0 Å². The molecule has 0 radical (unpaired) electrons. The number of carbonyl (C=O) groups is 2. The molecule has 0 unspecified atom stereocenters. The zero-order valence-electron chi connectivity index (χ0n) is 16.3. The van der Waals surface area contributed by atoms with Crippen LogP contribution in [0.5, 0.6) is 0 Å². The molecule has 1 N–H and O–H groups in total. The van der Waals surface area contributed by atoms with E-state index in [1.165, 1.54) is 18.2 Å². The van der Waals surface area contributed by atoms with Crippen LogP contribution in [0.3, 0.4) is 0 Å². The van der Waals surface area contributed by atoms with Gasteiger partial charge in [0.1, 0.15) is 5.82 Å². The first-order valence-electron chi connectivity index (χ1n) is 9.98. The number of benzene rings is 2. The van der Waals surface area contributed by atoms with Crippen molar-refractivity contribution in [2.45, 2.75) is 32.1 Å². The molecule has 1 aromatic heterocycles. The molecule has 2 aliphatic heterocycles. The van der Waals surface area contributed by atoms with Crippen LogP contribution in [-0.4, -0.2) is 30.1 Å². The predicted octanol–water partition coefficient (Wildman–Crippen LogP) is 3.94. The van der Waals surface area contributed by atoms with E-state index in [0.717, 1.165) is 11.1 Å². The van der Waals surface area contributed by atoms with Crippen molar-refractivity contribution in [1.29, 1.82) is 0 Å². The number of hydrogen-bond donors (Lipinski definition) is 1. The Kier molecular flexibility index (Phi) is 4.30. The number of anilines is 1. The number of imide groups is 1. The summed E-state index contributed by atoms with van der Waals surface area (Å²) in [7, 11) is 0. The summed E-state index contributed by atoms with van der Waals surface area (Å²) < 4.78 is 33.9. The zero-order valence-corrected chi connectivity index (χ0v) is 16.3. The van der Waals surface area contributed by atoms with Gasteiger partial charge in [-0.1, -0.05) is 12.1 Å². The average Bonchev–Trinajstić information content (AvgIpc) is 3.28. The van der Waals surface area contributed by atoms with E-state index < -0.39 is 17.6 Å². The van der Waals surface area contributed by atoms with E-state index in [4.69, 9.17) is 4.52 Å². The minimum Gasteiger partial charge on any atom is -0.369 e. The second kappa shape index (κ2) is 6.90. The van der Waals surface area contributed by atoms with Crippen molar-refractivity contribution in [1.82, 2.24) is 10.5 Å². The molecule has 8 heteroatoms. The quantitative estimate of drug-likeness (QED) is 0.661. The number of rotatable bonds is 3. The Morgan fingerprint density at radius 1 is 1.17 bits per heavy atom. The number of aromatic nitrogens is 1. The number of fused-ring (bicyclic) bond motifs is 2. The molecular weight excluding hydrogens is 392 g/mol. The number of nitrogens with zero attached hydrogens (tertiary/aromatic N) is 2. The van der Waals surface area contributed by atoms with E-state index in [1.54, 1.807) is 13.0 Å². The molecule has 5 rings (SSSR count). The molecule has 2 aliphatic rings. The van der Waals surface area contributed by atoms with Gasteiger partial charge >= 0.3 is 0 Å². The van der Waals surface area contributed by atoms with Gasteiger partial charge in [-0.3, -0.25) is 14.9 Å². The zero-order chi connectivity index (χ0) is 21.0. The fraction of sp³-hybridized carbons (Fsp3) is 0.318. The third-order valence-corrected chi connectivity index (χ3v) is 6.08. The van der Waals surface area contributed by atoms with Crippen molar-refractivity contribution in [3.05, 3.63) is 58.3 Å². The first-order chi connectivity index (χ1) is 14.5. The van der Waals surface area contributed by atoms with Gasteiger partial charge < -0.3 is 9.42 Å². The van der Waals surface area contributed by atoms with Crippen molar-refractivity contribution in [3.63, 3.8) is 0 Å². The van der Waals surface area contributed by atoms with Crippen molar-refractivity contribution in [2.24, 2.45) is 0 Å². The normalized spacial score (nSPS) is 17.0. The lowest BCUT2D eigenvalue weighted by Crippen LogP contribution is -2.34. The number of amides is 2. The largest absolute Gasteiger partial charge is 0.369 e. The van der Waals surface area contributed by atoms with Gasteiger partial charge in [0.25, 0.3) is 11.8 Å². The van der Waals surface area contributed by atoms with E-state index in [1.807, 2.05) is 4.90 Å². The molecule has 3 heterocycles. The lowest BCUT2D eigenvalue weighted by Gasteiger charge is -2.33. The van der Waals surface area contributed by atoms with E-state index in [2.05, 4.69) is 10.5 Å². The second-order valence-corrected chi connectivity index (χ2v) is 7.72. The van der Waals surface area contributed by atoms with Crippen LogP contribution in [0.2, 0.25) is 0 Å². The smallest absolute Gasteiger partial charge is 0.259 e. The summed E-state index contributed by atoms with van der Waals surface area (Å²) in [5.41, 5.74) is 2.22. The summed E-state index contributed by atoms with van der Waals surface area (Å²) in [6.07, 6.45) is 1.74. The summed E-state index contributed by atoms with van der Waals surface area (Å²) in [5, 5.41) is 7.19. The van der Waals surface area contributed by atoms with E-state index in [-0.39, 0.29) is 28.4 Å². The third kappa shape index (κ3) is 2.78. The van der Waals surface area contributed by atoms with Crippen LogP contribution < -0.4 is 10.2 Å². The number of halogens is 2. The summed E-state index contributed by atoms with van der Waals surface area (Å²) >= 11 is 0. The highest BCUT2D eigenvalue weighted by atomic mass is 19.1. The lowest BCUT2D eigenvalue weighted by atomic mass is 9.90. The number of carbonyl (C=O) groups excluding carboxylic acids is 2.